The topological polar surface area (TPSA) is 64.1 Å². The molecule has 1 N–H and O–H groups in total. The molecule has 3 aromatic rings. The van der Waals surface area contributed by atoms with Crippen LogP contribution >= 0.6 is 46.3 Å². The van der Waals surface area contributed by atoms with Gasteiger partial charge in [0.2, 0.25) is 0 Å². The molecule has 0 aliphatic heterocycles. The number of carbonyl (C=O) groups excluding carboxylic acids is 1. The third kappa shape index (κ3) is 5.34. The average Bonchev–Trinajstić information content (AvgIpc) is 3.10. The minimum absolute atomic E-state index is 0.165. The van der Waals surface area contributed by atoms with Crippen LogP contribution in [0, 0.1) is 0 Å². The normalized spacial score (nSPS) is 10.5. The number of benzene rings is 2. The van der Waals surface area contributed by atoms with Crippen LogP contribution in [0.2, 0.25) is 10.0 Å². The van der Waals surface area contributed by atoms with E-state index in [-0.39, 0.29) is 12.5 Å². The van der Waals surface area contributed by atoms with E-state index in [0.717, 1.165) is 9.24 Å². The van der Waals surface area contributed by atoms with E-state index in [9.17, 15) is 4.79 Å². The van der Waals surface area contributed by atoms with Crippen LogP contribution in [0.4, 0.5) is 5.69 Å². The van der Waals surface area contributed by atoms with Crippen molar-refractivity contribution < 1.29 is 9.53 Å². The van der Waals surface area contributed by atoms with Gasteiger partial charge in [0.15, 0.2) is 10.9 Å². The van der Waals surface area contributed by atoms with Gasteiger partial charge in [-0.25, -0.2) is 0 Å². The van der Waals surface area contributed by atoms with Crippen molar-refractivity contribution in [1.29, 1.82) is 0 Å². The van der Waals surface area contributed by atoms with Crippen LogP contribution in [0.1, 0.15) is 0 Å². The maximum Gasteiger partial charge on any atom is 0.262 e. The highest BCUT2D eigenvalue weighted by molar-refractivity contribution is 8.01. The van der Waals surface area contributed by atoms with Gasteiger partial charge in [-0.15, -0.1) is 10.2 Å². The van der Waals surface area contributed by atoms with Crippen LogP contribution in [0.3, 0.4) is 0 Å². The molecule has 1 amide bonds. The van der Waals surface area contributed by atoms with E-state index in [0.29, 0.717) is 21.5 Å². The second-order valence-corrected chi connectivity index (χ2v) is 7.74. The van der Waals surface area contributed by atoms with Crippen molar-refractivity contribution in [2.45, 2.75) is 9.24 Å². The van der Waals surface area contributed by atoms with E-state index in [1.165, 1.54) is 23.1 Å². The molecule has 0 radical (unpaired) electrons. The Bertz CT molecular complexity index is 858. The summed E-state index contributed by atoms with van der Waals surface area (Å²) in [5, 5.41) is 11.4. The molecule has 0 spiro atoms. The number of anilines is 1. The number of ether oxygens (including phenoxy) is 1. The number of amides is 1. The first-order valence-electron chi connectivity index (χ1n) is 7.02. The molecule has 5 nitrogen and oxygen atoms in total. The Labute approximate surface area is 162 Å². The molecule has 0 saturated heterocycles. The minimum atomic E-state index is -0.291. The maximum atomic E-state index is 12.0. The van der Waals surface area contributed by atoms with Crippen molar-refractivity contribution in [2.24, 2.45) is 0 Å². The van der Waals surface area contributed by atoms with Crippen LogP contribution < -0.4 is 10.1 Å². The Morgan fingerprint density at radius 2 is 2.00 bits per heavy atom. The molecule has 9 heteroatoms. The maximum absolute atomic E-state index is 12.0. The first-order chi connectivity index (χ1) is 12.1. The van der Waals surface area contributed by atoms with Gasteiger partial charge < -0.3 is 10.1 Å². The number of rotatable bonds is 6. The molecule has 0 aliphatic carbocycles. The average molecular weight is 412 g/mol. The summed E-state index contributed by atoms with van der Waals surface area (Å²) in [5.41, 5.74) is 2.36. The molecular formula is C16H11Cl2N3O2S2. The van der Waals surface area contributed by atoms with Crippen molar-refractivity contribution in [1.82, 2.24) is 10.2 Å². The van der Waals surface area contributed by atoms with Gasteiger partial charge in [0, 0.05) is 21.7 Å². The Morgan fingerprint density at radius 1 is 1.20 bits per heavy atom. The molecule has 0 unspecified atom stereocenters. The number of hydrogen-bond acceptors (Lipinski definition) is 6. The number of halogens is 2. The van der Waals surface area contributed by atoms with E-state index >= 15 is 0 Å². The van der Waals surface area contributed by atoms with Gasteiger partial charge >= 0.3 is 0 Å². The highest BCUT2D eigenvalue weighted by Gasteiger charge is 2.08. The van der Waals surface area contributed by atoms with Gasteiger partial charge in [-0.3, -0.25) is 4.79 Å². The fourth-order valence-corrected chi connectivity index (χ4v) is 3.63. The summed E-state index contributed by atoms with van der Waals surface area (Å²) in [6, 6.07) is 12.3. The summed E-state index contributed by atoms with van der Waals surface area (Å²) in [4.78, 5) is 13.0. The number of aromatic nitrogens is 2. The van der Waals surface area contributed by atoms with Crippen molar-refractivity contribution >= 4 is 57.9 Å². The largest absolute Gasteiger partial charge is 0.482 e. The zero-order valence-electron chi connectivity index (χ0n) is 12.6. The minimum Gasteiger partial charge on any atom is -0.482 e. The molecule has 128 valence electrons. The van der Waals surface area contributed by atoms with Crippen molar-refractivity contribution in [3.63, 3.8) is 0 Å². The highest BCUT2D eigenvalue weighted by atomic mass is 35.5. The van der Waals surface area contributed by atoms with Gasteiger partial charge in [-0.1, -0.05) is 46.3 Å². The zero-order valence-corrected chi connectivity index (χ0v) is 15.8. The van der Waals surface area contributed by atoms with E-state index in [1.807, 2.05) is 24.3 Å². The zero-order chi connectivity index (χ0) is 17.6. The van der Waals surface area contributed by atoms with Gasteiger partial charge in [0.1, 0.15) is 11.3 Å². The standard InChI is InChI=1S/C16H11Cl2N3O2S2/c17-10-1-6-13(18)14(7-10)23-8-15(22)20-11-2-4-12(5-3-11)25-16-21-19-9-24-16/h1-7,9H,8H2,(H,20,22). The molecule has 0 atom stereocenters. The van der Waals surface area contributed by atoms with Crippen LogP contribution in [-0.4, -0.2) is 22.7 Å². The lowest BCUT2D eigenvalue weighted by atomic mass is 10.3. The van der Waals surface area contributed by atoms with Gasteiger partial charge in [0.05, 0.1) is 5.02 Å². The molecule has 25 heavy (non-hydrogen) atoms. The quantitative estimate of drug-likeness (QED) is 0.617. The fraction of sp³-hybridized carbons (Fsp3) is 0.0625. The summed E-state index contributed by atoms with van der Waals surface area (Å²) in [6.07, 6.45) is 0. The first-order valence-corrected chi connectivity index (χ1v) is 9.47. The van der Waals surface area contributed by atoms with Crippen LogP contribution in [0.5, 0.6) is 5.75 Å². The van der Waals surface area contributed by atoms with Crippen LogP contribution in [0.15, 0.2) is 57.2 Å². The van der Waals surface area contributed by atoms with Crippen molar-refractivity contribution in [3.05, 3.63) is 58.0 Å². The molecule has 2 aromatic carbocycles. The van der Waals surface area contributed by atoms with Gasteiger partial charge in [-0.2, -0.15) is 0 Å². The molecule has 0 bridgehead atoms. The third-order valence-corrected chi connectivity index (χ3v) is 5.27. The Balaban J connectivity index is 1.53. The summed E-state index contributed by atoms with van der Waals surface area (Å²) in [5.74, 6) is 0.0775. The Hall–Kier alpha value is -1.80. The summed E-state index contributed by atoms with van der Waals surface area (Å²) >= 11 is 14.9. The van der Waals surface area contributed by atoms with Crippen molar-refractivity contribution in [3.8, 4) is 5.75 Å². The van der Waals surface area contributed by atoms with E-state index in [2.05, 4.69) is 15.5 Å². The highest BCUT2D eigenvalue weighted by Crippen LogP contribution is 2.29. The third-order valence-electron chi connectivity index (χ3n) is 2.94. The second-order valence-electron chi connectivity index (χ2n) is 4.74. The van der Waals surface area contributed by atoms with E-state index < -0.39 is 0 Å². The Morgan fingerprint density at radius 3 is 2.72 bits per heavy atom. The predicted octanol–water partition coefficient (Wildman–Crippen LogP) is 5.01. The van der Waals surface area contributed by atoms with Gasteiger partial charge in [-0.05, 0) is 36.4 Å². The molecule has 0 saturated carbocycles. The SMILES string of the molecule is O=C(COc1cc(Cl)ccc1Cl)Nc1ccc(Sc2nncs2)cc1. The summed E-state index contributed by atoms with van der Waals surface area (Å²) < 4.78 is 6.26. The number of nitrogens with one attached hydrogen (secondary N) is 1. The smallest absolute Gasteiger partial charge is 0.262 e. The van der Waals surface area contributed by atoms with E-state index in [4.69, 9.17) is 27.9 Å². The monoisotopic (exact) mass is 411 g/mol. The molecule has 1 aromatic heterocycles. The lowest BCUT2D eigenvalue weighted by Gasteiger charge is -2.09. The molecule has 0 aliphatic rings. The molecule has 3 rings (SSSR count). The van der Waals surface area contributed by atoms with E-state index in [1.54, 1.807) is 23.7 Å². The summed E-state index contributed by atoms with van der Waals surface area (Å²) in [6.45, 7) is -0.165. The number of carbonyl (C=O) groups is 1. The molecule has 0 fully saturated rings. The lowest BCUT2D eigenvalue weighted by molar-refractivity contribution is -0.118. The number of nitrogens with zero attached hydrogens (tertiary/aromatic N) is 2. The van der Waals surface area contributed by atoms with Gasteiger partial charge in [0.25, 0.3) is 5.91 Å². The van der Waals surface area contributed by atoms with Crippen LogP contribution in [-0.2, 0) is 4.79 Å². The molecule has 1 heterocycles. The second kappa shape index (κ2) is 8.53. The first kappa shape index (κ1) is 18.0. The van der Waals surface area contributed by atoms with Crippen LogP contribution in [0.25, 0.3) is 0 Å². The number of hydrogen-bond donors (Lipinski definition) is 1. The summed E-state index contributed by atoms with van der Waals surface area (Å²) in [7, 11) is 0. The fourth-order valence-electron chi connectivity index (χ4n) is 1.84. The Kier molecular flexibility index (Phi) is 6.14. The molecular weight excluding hydrogens is 401 g/mol. The lowest BCUT2D eigenvalue weighted by Crippen LogP contribution is -2.20. The predicted molar refractivity (Wildman–Crippen MR) is 101 cm³/mol. The van der Waals surface area contributed by atoms with Crippen molar-refractivity contribution in [2.75, 3.05) is 11.9 Å².